The van der Waals surface area contributed by atoms with Gasteiger partial charge in [-0.2, -0.15) is 0 Å². The topological polar surface area (TPSA) is 57.6 Å². The van der Waals surface area contributed by atoms with Crippen molar-refractivity contribution >= 4 is 23.2 Å². The number of hydrogen-bond acceptors (Lipinski definition) is 3. The highest BCUT2D eigenvalue weighted by atomic mass is 32.1. The lowest BCUT2D eigenvalue weighted by Gasteiger charge is -2.18. The van der Waals surface area contributed by atoms with Gasteiger partial charge in [-0.05, 0) is 31.4 Å². The maximum Gasteiger partial charge on any atom is 0.323 e. The van der Waals surface area contributed by atoms with Crippen LogP contribution in [0.4, 0.5) is 0 Å². The fraction of sp³-hybridized carbons (Fsp3) is 0.571. The number of carboxylic acid groups (broad SMARTS) is 1. The molecule has 0 atom stereocenters. The second-order valence-corrected chi connectivity index (χ2v) is 5.82. The van der Waals surface area contributed by atoms with Crippen LogP contribution in [0.2, 0.25) is 0 Å². The third kappa shape index (κ3) is 4.35. The Morgan fingerprint density at radius 3 is 2.53 bits per heavy atom. The lowest BCUT2D eigenvalue weighted by Crippen LogP contribution is -2.35. The molecule has 1 rings (SSSR count). The van der Waals surface area contributed by atoms with Crippen LogP contribution < -0.4 is 0 Å². The van der Waals surface area contributed by atoms with Crippen LogP contribution in [0.15, 0.2) is 6.07 Å². The third-order valence-corrected chi connectivity index (χ3v) is 3.94. The van der Waals surface area contributed by atoms with Crippen molar-refractivity contribution in [2.75, 3.05) is 13.1 Å². The molecule has 0 spiro atoms. The first kappa shape index (κ1) is 15.7. The van der Waals surface area contributed by atoms with E-state index in [0.29, 0.717) is 11.4 Å². The molecule has 0 fully saturated rings. The number of hydrogen-bond donors (Lipinski definition) is 1. The van der Waals surface area contributed by atoms with Crippen LogP contribution in [0.1, 0.15) is 46.8 Å². The third-order valence-electron chi connectivity index (χ3n) is 2.86. The van der Waals surface area contributed by atoms with E-state index >= 15 is 0 Å². The summed E-state index contributed by atoms with van der Waals surface area (Å²) in [6.07, 6.45) is 2.76. The minimum atomic E-state index is -0.969. The molecule has 1 N–H and O–H groups in total. The van der Waals surface area contributed by atoms with Gasteiger partial charge in [-0.1, -0.05) is 20.3 Å². The van der Waals surface area contributed by atoms with E-state index in [1.807, 2.05) is 19.9 Å². The SMILES string of the molecule is CCCc1cc(C(=O)N(CCC)CC(=O)O)sc1C. The van der Waals surface area contributed by atoms with E-state index in [-0.39, 0.29) is 12.5 Å². The number of amides is 1. The molecule has 1 aromatic rings. The van der Waals surface area contributed by atoms with E-state index in [1.54, 1.807) is 0 Å². The predicted octanol–water partition coefficient (Wildman–Crippen LogP) is 2.95. The number of carbonyl (C=O) groups excluding carboxylic acids is 1. The quantitative estimate of drug-likeness (QED) is 0.837. The van der Waals surface area contributed by atoms with Crippen molar-refractivity contribution in [2.45, 2.75) is 40.0 Å². The molecule has 0 radical (unpaired) electrons. The van der Waals surface area contributed by atoms with Crippen molar-refractivity contribution in [3.8, 4) is 0 Å². The first-order chi connectivity index (χ1) is 8.99. The highest BCUT2D eigenvalue weighted by Crippen LogP contribution is 2.24. The van der Waals surface area contributed by atoms with Crippen LogP contribution in [0.5, 0.6) is 0 Å². The van der Waals surface area contributed by atoms with Crippen molar-refractivity contribution in [3.63, 3.8) is 0 Å². The number of carbonyl (C=O) groups is 2. The van der Waals surface area contributed by atoms with Crippen LogP contribution in [0.3, 0.4) is 0 Å². The maximum atomic E-state index is 12.3. The molecule has 0 bridgehead atoms. The van der Waals surface area contributed by atoms with E-state index in [1.165, 1.54) is 21.8 Å². The number of rotatable bonds is 7. The maximum absolute atomic E-state index is 12.3. The average molecular weight is 283 g/mol. The van der Waals surface area contributed by atoms with Gasteiger partial charge in [0.1, 0.15) is 6.54 Å². The molecule has 19 heavy (non-hydrogen) atoms. The monoisotopic (exact) mass is 283 g/mol. The van der Waals surface area contributed by atoms with E-state index in [4.69, 9.17) is 5.11 Å². The molecule has 0 aliphatic heterocycles. The summed E-state index contributed by atoms with van der Waals surface area (Å²) < 4.78 is 0. The van der Waals surface area contributed by atoms with Crippen LogP contribution in [-0.2, 0) is 11.2 Å². The van der Waals surface area contributed by atoms with Crippen LogP contribution >= 0.6 is 11.3 Å². The number of aryl methyl sites for hydroxylation is 2. The molecule has 4 nitrogen and oxygen atoms in total. The Morgan fingerprint density at radius 1 is 1.32 bits per heavy atom. The standard InChI is InChI=1S/C14H21NO3S/c1-4-6-11-8-12(19-10(11)3)14(18)15(7-5-2)9-13(16)17/h8H,4-7,9H2,1-3H3,(H,16,17). The smallest absolute Gasteiger partial charge is 0.323 e. The van der Waals surface area contributed by atoms with Gasteiger partial charge in [0.2, 0.25) is 0 Å². The van der Waals surface area contributed by atoms with Crippen LogP contribution in [-0.4, -0.2) is 35.0 Å². The lowest BCUT2D eigenvalue weighted by molar-refractivity contribution is -0.137. The van der Waals surface area contributed by atoms with E-state index in [2.05, 4.69) is 6.92 Å². The molecule has 0 unspecified atom stereocenters. The van der Waals surface area contributed by atoms with Crippen molar-refractivity contribution in [1.29, 1.82) is 0 Å². The van der Waals surface area contributed by atoms with Crippen LogP contribution in [0.25, 0.3) is 0 Å². The van der Waals surface area contributed by atoms with Gasteiger partial charge in [0, 0.05) is 11.4 Å². The van der Waals surface area contributed by atoms with Crippen molar-refractivity contribution in [2.24, 2.45) is 0 Å². The van der Waals surface area contributed by atoms with Gasteiger partial charge in [0.25, 0.3) is 5.91 Å². The molecule has 0 aromatic carbocycles. The van der Waals surface area contributed by atoms with Gasteiger partial charge in [-0.25, -0.2) is 0 Å². The zero-order valence-electron chi connectivity index (χ0n) is 11.7. The summed E-state index contributed by atoms with van der Waals surface area (Å²) in [6.45, 7) is 6.29. The molecule has 0 aliphatic rings. The van der Waals surface area contributed by atoms with Gasteiger partial charge in [-0.15, -0.1) is 11.3 Å². The summed E-state index contributed by atoms with van der Waals surface area (Å²) >= 11 is 1.46. The molecule has 106 valence electrons. The Kier molecular flexibility index (Phi) is 6.02. The van der Waals surface area contributed by atoms with Crippen molar-refractivity contribution in [1.82, 2.24) is 4.90 Å². The Morgan fingerprint density at radius 2 is 2.00 bits per heavy atom. The minimum absolute atomic E-state index is 0.167. The van der Waals surface area contributed by atoms with Crippen LogP contribution in [0, 0.1) is 6.92 Å². The minimum Gasteiger partial charge on any atom is -0.480 e. The first-order valence-corrected chi connectivity index (χ1v) is 7.41. The highest BCUT2D eigenvalue weighted by Gasteiger charge is 2.20. The molecule has 1 amide bonds. The lowest BCUT2D eigenvalue weighted by atomic mass is 10.1. The second-order valence-electron chi connectivity index (χ2n) is 4.56. The first-order valence-electron chi connectivity index (χ1n) is 6.59. The zero-order chi connectivity index (χ0) is 14.4. The Balaban J connectivity index is 2.89. The fourth-order valence-corrected chi connectivity index (χ4v) is 3.02. The molecule has 5 heteroatoms. The molecule has 0 saturated heterocycles. The normalized spacial score (nSPS) is 10.5. The Labute approximate surface area is 118 Å². The van der Waals surface area contributed by atoms with E-state index in [0.717, 1.165) is 24.1 Å². The number of aliphatic carboxylic acids is 1. The van der Waals surface area contributed by atoms with Gasteiger partial charge in [0.15, 0.2) is 0 Å². The fourth-order valence-electron chi connectivity index (χ4n) is 1.98. The molecule has 1 aromatic heterocycles. The summed E-state index contributed by atoms with van der Waals surface area (Å²) in [5.41, 5.74) is 1.20. The molecule has 1 heterocycles. The average Bonchev–Trinajstić information content (AvgIpc) is 2.69. The molecular weight excluding hydrogens is 262 g/mol. The summed E-state index contributed by atoms with van der Waals surface area (Å²) in [5.74, 6) is -1.14. The molecular formula is C14H21NO3S. The second kappa shape index (κ2) is 7.28. The summed E-state index contributed by atoms with van der Waals surface area (Å²) in [5, 5.41) is 8.86. The van der Waals surface area contributed by atoms with Crippen molar-refractivity contribution < 1.29 is 14.7 Å². The highest BCUT2D eigenvalue weighted by molar-refractivity contribution is 7.14. The Bertz CT molecular complexity index is 454. The zero-order valence-corrected chi connectivity index (χ0v) is 12.5. The predicted molar refractivity (Wildman–Crippen MR) is 76.9 cm³/mol. The summed E-state index contributed by atoms with van der Waals surface area (Å²) in [6, 6.07) is 1.91. The van der Waals surface area contributed by atoms with Gasteiger partial charge < -0.3 is 10.0 Å². The largest absolute Gasteiger partial charge is 0.480 e. The van der Waals surface area contributed by atoms with E-state index < -0.39 is 5.97 Å². The number of nitrogens with zero attached hydrogens (tertiary/aromatic N) is 1. The summed E-state index contributed by atoms with van der Waals surface area (Å²) in [7, 11) is 0. The van der Waals surface area contributed by atoms with E-state index in [9.17, 15) is 9.59 Å². The van der Waals surface area contributed by atoms with Gasteiger partial charge in [0.05, 0.1) is 4.88 Å². The number of carboxylic acids is 1. The number of thiophene rings is 1. The van der Waals surface area contributed by atoms with Gasteiger partial charge in [-0.3, -0.25) is 9.59 Å². The van der Waals surface area contributed by atoms with Gasteiger partial charge >= 0.3 is 5.97 Å². The molecule has 0 saturated carbocycles. The summed E-state index contributed by atoms with van der Waals surface area (Å²) in [4.78, 5) is 26.3. The van der Waals surface area contributed by atoms with Crippen molar-refractivity contribution in [3.05, 3.63) is 21.4 Å². The molecule has 0 aliphatic carbocycles. The Hall–Kier alpha value is -1.36.